The van der Waals surface area contributed by atoms with Gasteiger partial charge in [-0.25, -0.2) is 24.5 Å². The van der Waals surface area contributed by atoms with Crippen molar-refractivity contribution in [2.75, 3.05) is 40.6 Å². The van der Waals surface area contributed by atoms with E-state index in [2.05, 4.69) is 76.9 Å². The molecule has 0 bridgehead atoms. The summed E-state index contributed by atoms with van der Waals surface area (Å²) < 4.78 is 21.1. The fraction of sp³-hybridized carbons (Fsp3) is 0.491. The fourth-order valence-corrected chi connectivity index (χ4v) is 12.7. The maximum absolute atomic E-state index is 14.5. The number of carbonyl (C=O) groups is 4. The van der Waals surface area contributed by atoms with E-state index in [-0.39, 0.29) is 47.8 Å². The van der Waals surface area contributed by atoms with Gasteiger partial charge >= 0.3 is 12.2 Å². The van der Waals surface area contributed by atoms with Crippen molar-refractivity contribution in [3.8, 4) is 22.4 Å². The molecule has 2 saturated carbocycles. The number of hydrogen-bond donors (Lipinski definition) is 4. The van der Waals surface area contributed by atoms with Gasteiger partial charge in [0.1, 0.15) is 23.7 Å². The van der Waals surface area contributed by atoms with E-state index in [0.717, 1.165) is 79.8 Å². The number of rotatable bonds is 10. The van der Waals surface area contributed by atoms with E-state index in [4.69, 9.17) is 33.9 Å². The number of nitrogens with one attached hydrogen (secondary N) is 4. The average molecular weight is 950 g/mol. The third-order valence-electron chi connectivity index (χ3n) is 16.7. The van der Waals surface area contributed by atoms with Gasteiger partial charge in [0.05, 0.1) is 59.6 Å². The first-order valence-corrected chi connectivity index (χ1v) is 25.0. The molecule has 6 aliphatic rings. The van der Waals surface area contributed by atoms with E-state index in [9.17, 15) is 19.2 Å². The molecule has 4 N–H and O–H groups in total. The lowest BCUT2D eigenvalue weighted by Gasteiger charge is -2.35. The Morgan fingerprint density at radius 3 is 1.56 bits per heavy atom. The van der Waals surface area contributed by atoms with E-state index in [1.54, 1.807) is 0 Å². The monoisotopic (exact) mass is 949 g/mol. The van der Waals surface area contributed by atoms with Crippen LogP contribution in [0.3, 0.4) is 0 Å². The number of aromatic amines is 2. The molecule has 3 aromatic carbocycles. The molecule has 17 heteroatoms. The number of hydrogen-bond acceptors (Lipinski definition) is 11. The fourth-order valence-electron chi connectivity index (χ4n) is 12.7. The van der Waals surface area contributed by atoms with Crippen molar-refractivity contribution in [2.45, 2.75) is 88.6 Å². The van der Waals surface area contributed by atoms with Crippen LogP contribution in [0.25, 0.3) is 55.4 Å². The summed E-state index contributed by atoms with van der Waals surface area (Å²) >= 11 is 0. The van der Waals surface area contributed by atoms with Crippen LogP contribution in [-0.2, 0) is 28.5 Å². The average Bonchev–Trinajstić information content (AvgIpc) is 3.81. The molecule has 7 heterocycles. The van der Waals surface area contributed by atoms with Crippen LogP contribution >= 0.6 is 0 Å². The number of nitrogens with zero attached hydrogens (tertiary/aromatic N) is 5. The highest BCUT2D eigenvalue weighted by molar-refractivity contribution is 5.91. The maximum Gasteiger partial charge on any atom is 0.407 e. The normalized spacial score (nSPS) is 27.3. The van der Waals surface area contributed by atoms with Gasteiger partial charge in [0.15, 0.2) is 0 Å². The van der Waals surface area contributed by atoms with Crippen molar-refractivity contribution in [3.63, 3.8) is 0 Å². The minimum atomic E-state index is -0.700. The molecule has 6 fully saturated rings. The van der Waals surface area contributed by atoms with Crippen molar-refractivity contribution in [2.24, 2.45) is 35.5 Å². The minimum absolute atomic E-state index is 0.0395. The third kappa shape index (κ3) is 7.81. The molecule has 0 spiro atoms. The van der Waals surface area contributed by atoms with Gasteiger partial charge in [-0.3, -0.25) is 9.59 Å². The highest BCUT2D eigenvalue weighted by Gasteiger charge is 2.63. The van der Waals surface area contributed by atoms with Crippen molar-refractivity contribution >= 4 is 57.0 Å². The molecule has 6 aromatic rings. The standard InChI is InChI=1S/C53H59N9O8/c1-26-34-24-42(61(46(26)34)50(63)44(59-52(65)67-3)28-13-17-69-18-14-28)48-55-38-11-6-31(22-40(38)57-48)30-5-9-36-32(21-30)7-10-37(54-36)33-8-12-39-41(23-33)58-49(56-39)43-25-35-27(2)47(35)62(43)51(64)45(60-53(66)68-4)29-15-19-70-20-16-29/h5-12,21-23,26-29,34-35,42-47H,13-20,24-25H2,1-4H3,(H,55,57)(H,56,58)(H,59,65)(H,60,66)/t26-,27-,34+,35+,42+,43+,44+,45+,46-,47-/m1/s1. The van der Waals surface area contributed by atoms with Crippen LogP contribution in [0.2, 0.25) is 0 Å². The van der Waals surface area contributed by atoms with Gasteiger partial charge in [-0.1, -0.05) is 38.1 Å². The smallest absolute Gasteiger partial charge is 0.407 e. The Bertz CT molecular complexity index is 2830. The number of ether oxygens (including phenoxy) is 4. The summed E-state index contributed by atoms with van der Waals surface area (Å²) in [6.45, 7) is 6.61. The number of alkyl carbamates (subject to hydrolysis) is 2. The lowest BCUT2D eigenvalue weighted by molar-refractivity contribution is -0.139. The molecule has 4 aliphatic heterocycles. The predicted octanol–water partition coefficient (Wildman–Crippen LogP) is 7.44. The molecule has 2 aliphatic carbocycles. The van der Waals surface area contributed by atoms with Crippen LogP contribution in [0.1, 0.15) is 76.1 Å². The summed E-state index contributed by atoms with van der Waals surface area (Å²) in [6.07, 6.45) is 3.18. The molecule has 364 valence electrons. The number of piperidine rings is 2. The Morgan fingerprint density at radius 1 is 0.600 bits per heavy atom. The number of aromatic nitrogens is 5. The number of benzene rings is 3. The Balaban J connectivity index is 0.771. The molecule has 0 radical (unpaired) electrons. The number of amides is 4. The van der Waals surface area contributed by atoms with Gasteiger partial charge in [-0.05, 0) is 128 Å². The Hall–Kier alpha value is -6.59. The second-order valence-electron chi connectivity index (χ2n) is 20.5. The third-order valence-corrected chi connectivity index (χ3v) is 16.7. The van der Waals surface area contributed by atoms with Gasteiger partial charge in [0.2, 0.25) is 11.8 Å². The molecular weight excluding hydrogens is 891 g/mol. The number of carbonyl (C=O) groups excluding carboxylic acids is 4. The van der Waals surface area contributed by atoms with Gasteiger partial charge in [-0.2, -0.15) is 0 Å². The number of imidazole rings is 2. The van der Waals surface area contributed by atoms with Crippen molar-refractivity contribution < 1.29 is 38.1 Å². The lowest BCUT2D eigenvalue weighted by Crippen LogP contribution is -2.54. The Labute approximate surface area is 404 Å². The first-order valence-electron chi connectivity index (χ1n) is 25.0. The highest BCUT2D eigenvalue weighted by Crippen LogP contribution is 2.59. The molecule has 0 unspecified atom stereocenters. The van der Waals surface area contributed by atoms with Crippen molar-refractivity contribution in [3.05, 3.63) is 78.4 Å². The summed E-state index contributed by atoms with van der Waals surface area (Å²) in [5.74, 6) is 2.81. The van der Waals surface area contributed by atoms with Gasteiger partial charge < -0.3 is 49.3 Å². The summed E-state index contributed by atoms with van der Waals surface area (Å²) in [7, 11) is 2.65. The lowest BCUT2D eigenvalue weighted by atomic mass is 9.90. The molecule has 10 atom stereocenters. The summed E-state index contributed by atoms with van der Waals surface area (Å²) in [4.78, 5) is 80.3. The molecule has 12 rings (SSSR count). The number of pyridine rings is 1. The van der Waals surface area contributed by atoms with Gasteiger partial charge in [-0.15, -0.1) is 0 Å². The Kier molecular flexibility index (Phi) is 11.3. The summed E-state index contributed by atoms with van der Waals surface area (Å²) in [5, 5.41) is 6.77. The van der Waals surface area contributed by atoms with E-state index in [1.165, 1.54) is 14.2 Å². The van der Waals surface area contributed by atoms with Crippen LogP contribution in [0.5, 0.6) is 0 Å². The highest BCUT2D eigenvalue weighted by atomic mass is 16.5. The molecule has 4 saturated heterocycles. The zero-order valence-corrected chi connectivity index (χ0v) is 39.9. The van der Waals surface area contributed by atoms with Gasteiger partial charge in [0.25, 0.3) is 0 Å². The van der Waals surface area contributed by atoms with E-state index >= 15 is 0 Å². The molecule has 70 heavy (non-hydrogen) atoms. The van der Waals surface area contributed by atoms with Gasteiger partial charge in [0, 0.05) is 49.5 Å². The molecule has 17 nitrogen and oxygen atoms in total. The Morgan fingerprint density at radius 2 is 1.06 bits per heavy atom. The van der Waals surface area contributed by atoms with E-state index in [1.807, 2.05) is 34.1 Å². The second kappa shape index (κ2) is 17.7. The van der Waals surface area contributed by atoms with E-state index in [0.29, 0.717) is 75.8 Å². The van der Waals surface area contributed by atoms with Crippen LogP contribution in [0, 0.1) is 35.5 Å². The molecule has 4 amide bonds. The number of likely N-dealkylation sites (tertiary alicyclic amines) is 2. The minimum Gasteiger partial charge on any atom is -0.453 e. The van der Waals surface area contributed by atoms with Crippen molar-refractivity contribution in [1.82, 2.24) is 45.4 Å². The van der Waals surface area contributed by atoms with E-state index < -0.39 is 24.3 Å². The maximum atomic E-state index is 14.5. The predicted molar refractivity (Wildman–Crippen MR) is 259 cm³/mol. The van der Waals surface area contributed by atoms with Crippen LogP contribution in [-0.4, -0.2) is 124 Å². The summed E-state index contributed by atoms with van der Waals surface area (Å²) in [5.41, 5.74) is 8.11. The van der Waals surface area contributed by atoms with Crippen LogP contribution in [0.4, 0.5) is 9.59 Å². The number of fused-ring (bicyclic) bond motifs is 5. The van der Waals surface area contributed by atoms with Crippen molar-refractivity contribution in [1.29, 1.82) is 0 Å². The number of H-pyrrole nitrogens is 2. The van der Waals surface area contributed by atoms with Crippen LogP contribution in [0.15, 0.2) is 66.7 Å². The van der Waals surface area contributed by atoms with Crippen LogP contribution < -0.4 is 10.6 Å². The first kappa shape index (κ1) is 44.6. The largest absolute Gasteiger partial charge is 0.453 e. The topological polar surface area (TPSA) is 206 Å². The second-order valence-corrected chi connectivity index (χ2v) is 20.5. The zero-order valence-electron chi connectivity index (χ0n) is 39.9. The first-order chi connectivity index (χ1) is 34.1. The molecule has 3 aromatic heterocycles. The quantitative estimate of drug-likeness (QED) is 0.106. The zero-order chi connectivity index (χ0) is 47.9. The molecular formula is C53H59N9O8. The number of methoxy groups -OCH3 is 2. The SMILES string of the molecule is COC(=O)N[C@H](C(=O)N1[C@@H]2[C@H](C)[C@@H]2C[C@H]1c1nc2ccc(-c3ccc4nc(-c5ccc6nc([C@@H]7C[C@H]8[C@@H](C)[C@H]8N7C(=O)[C@@H](NC(=O)OC)C7CCOCC7)[nH]c6c5)ccc4c3)cc2[nH]1)C1CCOCC1. The summed E-state index contributed by atoms with van der Waals surface area (Å²) in [6, 6.07) is 21.1.